The van der Waals surface area contributed by atoms with E-state index >= 15 is 0 Å². The lowest BCUT2D eigenvalue weighted by atomic mass is 10.1. The van der Waals surface area contributed by atoms with Crippen molar-refractivity contribution < 1.29 is 4.79 Å². The Morgan fingerprint density at radius 2 is 1.75 bits per heavy atom. The van der Waals surface area contributed by atoms with Gasteiger partial charge in [0.1, 0.15) is 11.3 Å². The molecule has 1 amide bonds. The lowest BCUT2D eigenvalue weighted by Gasteiger charge is -2.09. The number of nitrogens with two attached hydrogens (primary N) is 1. The lowest BCUT2D eigenvalue weighted by Crippen LogP contribution is -2.14. The second-order valence-corrected chi connectivity index (χ2v) is 5.77. The SMILES string of the molecule is Cc1nc2c(C(N)=O)nc3ccccc3c2n1Cc1ccccc1. The number of hydrogen-bond donors (Lipinski definition) is 1. The van der Waals surface area contributed by atoms with Crippen molar-refractivity contribution in [3.05, 3.63) is 71.7 Å². The summed E-state index contributed by atoms with van der Waals surface area (Å²) in [4.78, 5) is 20.8. The van der Waals surface area contributed by atoms with E-state index in [0.29, 0.717) is 12.1 Å². The van der Waals surface area contributed by atoms with Crippen molar-refractivity contribution in [2.75, 3.05) is 0 Å². The number of carbonyl (C=O) groups is 1. The lowest BCUT2D eigenvalue weighted by molar-refractivity contribution is 0.0997. The molecule has 2 aromatic carbocycles. The molecule has 2 N–H and O–H groups in total. The van der Waals surface area contributed by atoms with Gasteiger partial charge < -0.3 is 10.3 Å². The predicted molar refractivity (Wildman–Crippen MR) is 93.8 cm³/mol. The Morgan fingerprint density at radius 1 is 1.04 bits per heavy atom. The highest BCUT2D eigenvalue weighted by Gasteiger charge is 2.19. The number of primary amides is 1. The van der Waals surface area contributed by atoms with Crippen molar-refractivity contribution in [3.63, 3.8) is 0 Å². The maximum Gasteiger partial charge on any atom is 0.269 e. The van der Waals surface area contributed by atoms with Crippen LogP contribution in [0.2, 0.25) is 0 Å². The smallest absolute Gasteiger partial charge is 0.269 e. The van der Waals surface area contributed by atoms with E-state index in [4.69, 9.17) is 5.73 Å². The van der Waals surface area contributed by atoms with E-state index in [-0.39, 0.29) is 5.69 Å². The maximum absolute atomic E-state index is 11.8. The zero-order chi connectivity index (χ0) is 16.7. The maximum atomic E-state index is 11.8. The minimum Gasteiger partial charge on any atom is -0.364 e. The molecule has 0 aliphatic carbocycles. The molecule has 24 heavy (non-hydrogen) atoms. The van der Waals surface area contributed by atoms with Crippen molar-refractivity contribution in [3.8, 4) is 0 Å². The van der Waals surface area contributed by atoms with Crippen LogP contribution in [0.5, 0.6) is 0 Å². The van der Waals surface area contributed by atoms with Crippen molar-refractivity contribution in [2.45, 2.75) is 13.5 Å². The van der Waals surface area contributed by atoms with Crippen molar-refractivity contribution in [1.82, 2.24) is 14.5 Å². The Hall–Kier alpha value is -3.21. The van der Waals surface area contributed by atoms with Gasteiger partial charge in [-0.15, -0.1) is 0 Å². The molecular formula is C19H16N4O. The number of benzene rings is 2. The molecule has 4 rings (SSSR count). The number of carbonyl (C=O) groups excluding carboxylic acids is 1. The summed E-state index contributed by atoms with van der Waals surface area (Å²) in [5, 5.41) is 0.967. The van der Waals surface area contributed by atoms with Crippen LogP contribution in [0.3, 0.4) is 0 Å². The third-order valence-electron chi connectivity index (χ3n) is 4.19. The Labute approximate surface area is 138 Å². The molecule has 5 heteroatoms. The molecule has 0 aliphatic heterocycles. The molecule has 5 nitrogen and oxygen atoms in total. The molecule has 2 heterocycles. The van der Waals surface area contributed by atoms with Gasteiger partial charge in [-0.3, -0.25) is 4.79 Å². The fraction of sp³-hybridized carbons (Fsp3) is 0.105. The van der Waals surface area contributed by atoms with Crippen molar-refractivity contribution >= 4 is 27.8 Å². The molecule has 0 unspecified atom stereocenters. The number of hydrogen-bond acceptors (Lipinski definition) is 3. The molecule has 0 aliphatic rings. The van der Waals surface area contributed by atoms with E-state index in [1.165, 1.54) is 5.56 Å². The van der Waals surface area contributed by atoms with Crippen LogP contribution in [0.25, 0.3) is 21.9 Å². The molecule has 0 saturated heterocycles. The molecule has 118 valence electrons. The van der Waals surface area contributed by atoms with E-state index < -0.39 is 5.91 Å². The van der Waals surface area contributed by atoms with Crippen LogP contribution in [0.15, 0.2) is 54.6 Å². The normalized spacial score (nSPS) is 11.2. The number of para-hydroxylation sites is 1. The van der Waals surface area contributed by atoms with Gasteiger partial charge in [-0.2, -0.15) is 0 Å². The zero-order valence-electron chi connectivity index (χ0n) is 13.2. The molecule has 0 atom stereocenters. The molecule has 2 aromatic heterocycles. The van der Waals surface area contributed by atoms with E-state index in [9.17, 15) is 4.79 Å². The molecule has 0 spiro atoms. The number of amides is 1. The second kappa shape index (κ2) is 5.45. The van der Waals surface area contributed by atoms with Gasteiger partial charge in [0.2, 0.25) is 0 Å². The highest BCUT2D eigenvalue weighted by molar-refractivity contribution is 6.11. The third kappa shape index (κ3) is 2.22. The number of pyridine rings is 1. The number of rotatable bonds is 3. The largest absolute Gasteiger partial charge is 0.364 e. The Balaban J connectivity index is 2.07. The van der Waals surface area contributed by atoms with Gasteiger partial charge in [0.25, 0.3) is 5.91 Å². The number of imidazole rings is 1. The van der Waals surface area contributed by atoms with Gasteiger partial charge in [-0.05, 0) is 18.6 Å². The van der Waals surface area contributed by atoms with Crippen LogP contribution < -0.4 is 5.73 Å². The first-order valence-corrected chi connectivity index (χ1v) is 7.74. The van der Waals surface area contributed by atoms with Crippen LogP contribution >= 0.6 is 0 Å². The summed E-state index contributed by atoms with van der Waals surface area (Å²) in [6.07, 6.45) is 0. The molecular weight excluding hydrogens is 300 g/mol. The highest BCUT2D eigenvalue weighted by atomic mass is 16.1. The first-order valence-electron chi connectivity index (χ1n) is 7.74. The topological polar surface area (TPSA) is 73.8 Å². The van der Waals surface area contributed by atoms with Gasteiger partial charge in [-0.1, -0.05) is 48.5 Å². The van der Waals surface area contributed by atoms with Gasteiger partial charge in [-0.25, -0.2) is 9.97 Å². The average Bonchev–Trinajstić information content (AvgIpc) is 2.91. The standard InChI is InChI=1S/C19H16N4O/c1-12-21-16-17(19(20)24)22-15-10-6-5-9-14(15)18(16)23(12)11-13-7-3-2-4-8-13/h2-10H,11H2,1H3,(H2,20,24). The Morgan fingerprint density at radius 3 is 2.50 bits per heavy atom. The minimum atomic E-state index is -0.560. The third-order valence-corrected chi connectivity index (χ3v) is 4.19. The fourth-order valence-corrected chi connectivity index (χ4v) is 3.08. The summed E-state index contributed by atoms with van der Waals surface area (Å²) in [7, 11) is 0. The summed E-state index contributed by atoms with van der Waals surface area (Å²) >= 11 is 0. The van der Waals surface area contributed by atoms with Gasteiger partial charge in [0.15, 0.2) is 5.69 Å². The van der Waals surface area contributed by atoms with Crippen LogP contribution in [0.4, 0.5) is 0 Å². The molecule has 0 radical (unpaired) electrons. The number of aryl methyl sites for hydroxylation is 1. The highest BCUT2D eigenvalue weighted by Crippen LogP contribution is 2.28. The van der Waals surface area contributed by atoms with Crippen LogP contribution in [0.1, 0.15) is 21.9 Å². The Kier molecular flexibility index (Phi) is 3.27. The monoisotopic (exact) mass is 316 g/mol. The van der Waals surface area contributed by atoms with Crippen molar-refractivity contribution in [1.29, 1.82) is 0 Å². The van der Waals surface area contributed by atoms with Crippen LogP contribution in [0, 0.1) is 6.92 Å². The van der Waals surface area contributed by atoms with Gasteiger partial charge >= 0.3 is 0 Å². The summed E-state index contributed by atoms with van der Waals surface area (Å²) < 4.78 is 2.11. The van der Waals surface area contributed by atoms with Gasteiger partial charge in [0, 0.05) is 11.9 Å². The van der Waals surface area contributed by atoms with E-state index in [2.05, 4.69) is 26.7 Å². The zero-order valence-corrected chi connectivity index (χ0v) is 13.2. The average molecular weight is 316 g/mol. The summed E-state index contributed by atoms with van der Waals surface area (Å²) in [5.74, 6) is 0.268. The van der Waals surface area contributed by atoms with Crippen molar-refractivity contribution in [2.24, 2.45) is 5.73 Å². The molecule has 0 saturated carbocycles. The Bertz CT molecular complexity index is 1070. The van der Waals surface area contributed by atoms with E-state index in [0.717, 1.165) is 22.2 Å². The first-order chi connectivity index (χ1) is 11.6. The van der Waals surface area contributed by atoms with E-state index in [1.54, 1.807) is 0 Å². The number of nitrogens with zero attached hydrogens (tertiary/aromatic N) is 3. The second-order valence-electron chi connectivity index (χ2n) is 5.77. The number of fused-ring (bicyclic) bond motifs is 3. The summed E-state index contributed by atoms with van der Waals surface area (Å²) in [5.41, 5.74) is 9.13. The summed E-state index contributed by atoms with van der Waals surface area (Å²) in [6, 6.07) is 17.9. The predicted octanol–water partition coefficient (Wildman–Crippen LogP) is 3.04. The fourth-order valence-electron chi connectivity index (χ4n) is 3.08. The van der Waals surface area contributed by atoms with Crippen LogP contribution in [-0.2, 0) is 6.54 Å². The molecule has 0 fully saturated rings. The van der Waals surface area contributed by atoms with Crippen LogP contribution in [-0.4, -0.2) is 20.4 Å². The summed E-state index contributed by atoms with van der Waals surface area (Å²) in [6.45, 7) is 2.61. The molecule has 0 bridgehead atoms. The molecule has 4 aromatic rings. The number of aromatic nitrogens is 3. The quantitative estimate of drug-likeness (QED) is 0.631. The minimum absolute atomic E-state index is 0.221. The first kappa shape index (κ1) is 14.4. The van der Waals surface area contributed by atoms with Gasteiger partial charge in [0.05, 0.1) is 11.0 Å². The van der Waals surface area contributed by atoms with E-state index in [1.807, 2.05) is 49.4 Å².